The SMILES string of the molecule is CCSc1c(NC(=O)CCCCN=C(N)N)cc(F)cc1NC(=O)c1cc(C(=O)Nc2cc(F)cc(NC(=O)CCCCN=CN)c2SCCN)ncn1. The van der Waals surface area contributed by atoms with Crippen LogP contribution >= 0.6 is 23.5 Å². The van der Waals surface area contributed by atoms with Crippen LogP contribution in [0.4, 0.5) is 31.5 Å². The molecular weight excluding hydrogens is 743 g/mol. The van der Waals surface area contributed by atoms with Gasteiger partial charge in [-0.15, -0.1) is 23.5 Å². The number of halogens is 2. The Balaban J connectivity index is 1.79. The van der Waals surface area contributed by atoms with Crippen molar-refractivity contribution >= 4 is 82.2 Å². The van der Waals surface area contributed by atoms with E-state index in [1.54, 1.807) is 0 Å². The van der Waals surface area contributed by atoms with E-state index in [-0.39, 0.29) is 71.3 Å². The molecule has 3 rings (SSSR count). The lowest BCUT2D eigenvalue weighted by Gasteiger charge is -2.17. The number of rotatable bonds is 21. The second kappa shape index (κ2) is 22.7. The standard InChI is InChI=1S/C34H44F2N12O4S2/c1-2-53-30-22(45-29(50)8-4-6-11-42-34(39)40)13-20(35)15-24(30)47-32(51)26-17-27(44-19-43-26)33(52)48-25-16-21(36)14-23(31(25)54-12-9-37)46-28(49)7-3-5-10-41-18-38/h13-19H,2-12,37H2,1H3,(H2,38,41)(H,45,50)(H,46,49)(H,47,51)(H,48,52)(H4,39,40,42). The van der Waals surface area contributed by atoms with Gasteiger partial charge in [0.15, 0.2) is 5.96 Å². The second-order valence-corrected chi connectivity index (χ2v) is 13.7. The minimum atomic E-state index is -0.805. The van der Waals surface area contributed by atoms with Crippen LogP contribution in [0.15, 0.2) is 56.4 Å². The summed E-state index contributed by atoms with van der Waals surface area (Å²) in [5.74, 6) is -2.91. The van der Waals surface area contributed by atoms with Crippen LogP contribution in [0.5, 0.6) is 0 Å². The van der Waals surface area contributed by atoms with E-state index in [0.29, 0.717) is 60.1 Å². The number of nitrogens with two attached hydrogens (primary N) is 4. The van der Waals surface area contributed by atoms with E-state index in [4.69, 9.17) is 22.9 Å². The number of unbranched alkanes of at least 4 members (excludes halogenated alkanes) is 2. The molecule has 0 bridgehead atoms. The van der Waals surface area contributed by atoms with Gasteiger partial charge in [0.05, 0.1) is 38.9 Å². The van der Waals surface area contributed by atoms with Gasteiger partial charge in [0.2, 0.25) is 11.8 Å². The van der Waals surface area contributed by atoms with Crippen LogP contribution in [0.1, 0.15) is 66.4 Å². The molecule has 290 valence electrons. The first-order chi connectivity index (χ1) is 25.9. The normalized spacial score (nSPS) is 10.9. The third-order valence-corrected chi connectivity index (χ3v) is 9.28. The Kier molecular flexibility index (Phi) is 18.1. The van der Waals surface area contributed by atoms with Crippen molar-refractivity contribution in [2.75, 3.05) is 52.4 Å². The van der Waals surface area contributed by atoms with Gasteiger partial charge >= 0.3 is 0 Å². The topological polar surface area (TPSA) is 271 Å². The average molecular weight is 787 g/mol. The molecule has 0 fully saturated rings. The van der Waals surface area contributed by atoms with Gasteiger partial charge in [0, 0.05) is 44.3 Å². The van der Waals surface area contributed by atoms with Crippen LogP contribution in [0.25, 0.3) is 0 Å². The second-order valence-electron chi connectivity index (χ2n) is 11.3. The number of benzene rings is 2. The lowest BCUT2D eigenvalue weighted by atomic mass is 10.2. The van der Waals surface area contributed by atoms with Crippen LogP contribution < -0.4 is 44.2 Å². The number of carbonyl (C=O) groups excluding carboxylic acids is 4. The Labute approximate surface area is 319 Å². The number of amides is 4. The minimum absolute atomic E-state index is 0.0396. The highest BCUT2D eigenvalue weighted by Gasteiger charge is 2.21. The number of anilines is 4. The molecule has 54 heavy (non-hydrogen) atoms. The predicted molar refractivity (Wildman–Crippen MR) is 210 cm³/mol. The predicted octanol–water partition coefficient (Wildman–Crippen LogP) is 3.90. The third kappa shape index (κ3) is 14.2. The van der Waals surface area contributed by atoms with E-state index < -0.39 is 23.4 Å². The van der Waals surface area contributed by atoms with Gasteiger partial charge < -0.3 is 44.2 Å². The summed E-state index contributed by atoms with van der Waals surface area (Å²) in [6, 6.07) is 5.61. The number of aromatic nitrogens is 2. The fraction of sp³-hybridized carbons (Fsp3) is 0.353. The number of hydrogen-bond acceptors (Lipinski definition) is 11. The van der Waals surface area contributed by atoms with Gasteiger partial charge in [-0.2, -0.15) is 0 Å². The first-order valence-electron chi connectivity index (χ1n) is 16.9. The summed E-state index contributed by atoms with van der Waals surface area (Å²) in [5, 5.41) is 10.6. The van der Waals surface area contributed by atoms with Crippen LogP contribution in [0, 0.1) is 11.6 Å². The fourth-order valence-corrected chi connectivity index (χ4v) is 6.42. The van der Waals surface area contributed by atoms with Crippen molar-refractivity contribution in [1.82, 2.24) is 9.97 Å². The smallest absolute Gasteiger partial charge is 0.274 e. The van der Waals surface area contributed by atoms with Crippen LogP contribution in [0.3, 0.4) is 0 Å². The molecule has 0 unspecified atom stereocenters. The van der Waals surface area contributed by atoms with Crippen molar-refractivity contribution in [2.45, 2.75) is 55.2 Å². The number of guanidine groups is 1. The Morgan fingerprint density at radius 2 is 1.22 bits per heavy atom. The zero-order valence-corrected chi connectivity index (χ0v) is 31.3. The van der Waals surface area contributed by atoms with Crippen LogP contribution in [-0.4, -0.2) is 77.0 Å². The lowest BCUT2D eigenvalue weighted by Crippen LogP contribution is -2.23. The minimum Gasteiger partial charge on any atom is -0.390 e. The van der Waals surface area contributed by atoms with Crippen LogP contribution in [0.2, 0.25) is 0 Å². The molecule has 1 aromatic heterocycles. The molecule has 4 amide bonds. The maximum atomic E-state index is 14.8. The number of nitrogens with zero attached hydrogens (tertiary/aromatic N) is 4. The Morgan fingerprint density at radius 1 is 0.741 bits per heavy atom. The highest BCUT2D eigenvalue weighted by Crippen LogP contribution is 2.37. The summed E-state index contributed by atoms with van der Waals surface area (Å²) in [6.07, 6.45) is 4.67. The van der Waals surface area contributed by atoms with Gasteiger partial charge in [0.25, 0.3) is 11.8 Å². The highest BCUT2D eigenvalue weighted by molar-refractivity contribution is 7.99. The molecule has 0 spiro atoms. The Bertz CT molecular complexity index is 1840. The first-order valence-corrected chi connectivity index (χ1v) is 18.8. The molecule has 2 aromatic carbocycles. The number of carbonyl (C=O) groups is 4. The van der Waals surface area contributed by atoms with E-state index in [9.17, 15) is 28.0 Å². The lowest BCUT2D eigenvalue weighted by molar-refractivity contribution is -0.117. The largest absolute Gasteiger partial charge is 0.390 e. The molecule has 12 N–H and O–H groups in total. The van der Waals surface area contributed by atoms with Crippen molar-refractivity contribution in [3.63, 3.8) is 0 Å². The van der Waals surface area contributed by atoms with E-state index in [1.807, 2.05) is 6.92 Å². The number of hydrogen-bond donors (Lipinski definition) is 8. The molecule has 1 heterocycles. The van der Waals surface area contributed by atoms with E-state index in [2.05, 4.69) is 41.2 Å². The maximum absolute atomic E-state index is 14.8. The van der Waals surface area contributed by atoms with Gasteiger partial charge in [0.1, 0.15) is 29.3 Å². The number of thioether (sulfide) groups is 2. The summed E-state index contributed by atoms with van der Waals surface area (Å²) < 4.78 is 29.6. The monoisotopic (exact) mass is 786 g/mol. The third-order valence-electron chi connectivity index (χ3n) is 7.09. The fourth-order valence-electron chi connectivity index (χ4n) is 4.75. The molecule has 0 saturated heterocycles. The number of aliphatic imine (C=N–C) groups is 2. The Morgan fingerprint density at radius 3 is 1.69 bits per heavy atom. The molecule has 16 nitrogen and oxygen atoms in total. The van der Waals surface area contributed by atoms with Gasteiger partial charge in [-0.3, -0.25) is 29.2 Å². The molecule has 20 heteroatoms. The van der Waals surface area contributed by atoms with Crippen LogP contribution in [-0.2, 0) is 9.59 Å². The summed E-state index contributed by atoms with van der Waals surface area (Å²) >= 11 is 2.47. The van der Waals surface area contributed by atoms with Gasteiger partial charge in [-0.25, -0.2) is 18.7 Å². The zero-order chi connectivity index (χ0) is 39.5. The van der Waals surface area contributed by atoms with Crippen molar-refractivity contribution < 1.29 is 28.0 Å². The zero-order valence-electron chi connectivity index (χ0n) is 29.6. The summed E-state index contributed by atoms with van der Waals surface area (Å²) in [7, 11) is 0. The summed E-state index contributed by atoms with van der Waals surface area (Å²) in [6.45, 7) is 2.94. The first kappa shape index (κ1) is 43.1. The van der Waals surface area contributed by atoms with Gasteiger partial charge in [-0.1, -0.05) is 6.92 Å². The van der Waals surface area contributed by atoms with E-state index in [1.165, 1.54) is 29.9 Å². The molecule has 0 aliphatic heterocycles. The summed E-state index contributed by atoms with van der Waals surface area (Å²) in [4.78, 5) is 68.6. The van der Waals surface area contributed by atoms with Crippen molar-refractivity contribution in [2.24, 2.45) is 32.9 Å². The summed E-state index contributed by atoms with van der Waals surface area (Å²) in [5.41, 5.74) is 21.5. The Hall–Kier alpha value is -5.34. The molecule has 3 aromatic rings. The van der Waals surface area contributed by atoms with Crippen molar-refractivity contribution in [3.8, 4) is 0 Å². The van der Waals surface area contributed by atoms with Gasteiger partial charge in [-0.05, 0) is 55.7 Å². The van der Waals surface area contributed by atoms with Crippen molar-refractivity contribution in [1.29, 1.82) is 0 Å². The molecule has 0 saturated carbocycles. The van der Waals surface area contributed by atoms with Crippen molar-refractivity contribution in [3.05, 3.63) is 59.7 Å². The maximum Gasteiger partial charge on any atom is 0.274 e. The highest BCUT2D eigenvalue weighted by atomic mass is 32.2. The quantitative estimate of drug-likeness (QED) is 0.0331. The van der Waals surface area contributed by atoms with E-state index >= 15 is 0 Å². The molecule has 0 atom stereocenters. The van der Waals surface area contributed by atoms with E-state index in [0.717, 1.165) is 36.7 Å². The molecule has 0 aliphatic carbocycles. The molecule has 0 aliphatic rings. The number of nitrogens with one attached hydrogen (secondary N) is 4. The molecule has 0 radical (unpaired) electrons. The average Bonchev–Trinajstić information content (AvgIpc) is 3.12. The molecular formula is C34H44F2N12O4S2.